The summed E-state index contributed by atoms with van der Waals surface area (Å²) in [4.78, 5) is 0. The molecule has 0 aliphatic carbocycles. The second-order valence-electron chi connectivity index (χ2n) is 16.6. The van der Waals surface area contributed by atoms with Crippen LogP contribution in [0.15, 0.2) is 140 Å². The van der Waals surface area contributed by atoms with Gasteiger partial charge in [-0.25, -0.2) is 0 Å². The topological polar surface area (TPSA) is 24.1 Å². The molecule has 0 atom stereocenters. The van der Waals surface area contributed by atoms with Crippen LogP contribution in [0.25, 0.3) is 10.9 Å². The summed E-state index contributed by atoms with van der Waals surface area (Å²) in [7, 11) is 0. The molecule has 1 heterocycles. The molecule has 0 aliphatic heterocycles. The Bertz CT molecular complexity index is 2760. The Morgan fingerprint density at radius 1 is 0.320 bits per heavy atom. The first-order chi connectivity index (χ1) is 34.1. The molecule has 0 radical (unpaired) electrons. The first-order valence-electron chi connectivity index (χ1n) is 20.6. The molecule has 1 aromatic heterocycles. The predicted octanol–water partition coefficient (Wildman–Crippen LogP) is 14.1. The van der Waals surface area contributed by atoms with Crippen molar-refractivity contribution in [1.29, 1.82) is 0 Å². The van der Waals surface area contributed by atoms with Gasteiger partial charge in [0.15, 0.2) is 12.7 Å². The lowest BCUT2D eigenvalue weighted by Crippen LogP contribution is -2.75. The van der Waals surface area contributed by atoms with Crippen molar-refractivity contribution in [3.63, 3.8) is 0 Å². The Kier molecular flexibility index (Phi) is 14.9. The van der Waals surface area contributed by atoms with Crippen LogP contribution in [0.1, 0.15) is 50.1 Å². The molecule has 2 nitrogen and oxygen atoms in total. The smallest absolute Gasteiger partial charge is 0.416 e. The lowest BCUT2D eigenvalue weighted by molar-refractivity contribution is -0.662. The SMILES string of the molecule is FC(F)(F)c1cc([B-](c2cc(C(F)(F)F)cc(C(F)(F)F)c2)(c2cc(C(F)(F)F)cc(C(F)(F)F)c2)c2cc(C(F)(F)F)cc(C(F)(F)F)c2)cc(C(F)(F)F)c1.Oc1cc[n+](Cc2ccccc2)c2ccccc12. The van der Waals surface area contributed by atoms with Crippen LogP contribution in [0.4, 0.5) is 105 Å². The van der Waals surface area contributed by atoms with Crippen molar-refractivity contribution in [3.05, 3.63) is 190 Å². The molecule has 7 aromatic rings. The van der Waals surface area contributed by atoms with Gasteiger partial charge in [0.25, 0.3) is 0 Å². The maximum Gasteiger partial charge on any atom is 0.416 e. The molecule has 0 spiro atoms. The van der Waals surface area contributed by atoms with E-state index < -0.39 is 195 Å². The molecule has 27 heteroatoms. The summed E-state index contributed by atoms with van der Waals surface area (Å²) in [5.41, 5.74) is -27.9. The van der Waals surface area contributed by atoms with Crippen molar-refractivity contribution in [2.75, 3.05) is 0 Å². The molecule has 1 N–H and O–H groups in total. The first-order valence-corrected chi connectivity index (χ1v) is 20.6. The zero-order valence-corrected chi connectivity index (χ0v) is 36.5. The highest BCUT2D eigenvalue weighted by atomic mass is 19.4. The molecule has 0 amide bonds. The van der Waals surface area contributed by atoms with Crippen molar-refractivity contribution in [1.82, 2.24) is 0 Å². The highest BCUT2D eigenvalue weighted by Gasteiger charge is 2.47. The standard InChI is InChI=1S/C32H12BF24.C16H13NO/c34-25(35,36)13-1-14(26(37,38)39)6-21(5-13)33(22-7-15(27(40,41)42)2-16(8-22)28(43,44)45,23-9-17(29(46,47)48)3-18(10-23)30(49,50)51)24-11-19(31(52,53)54)4-20(12-24)32(55,56)57;18-16-10-11-17(12-13-6-2-1-3-7-13)15-9-5-4-8-14(15)16/h1-12H;1-11H,12H2/q-1;/p+1. The lowest BCUT2D eigenvalue weighted by Gasteiger charge is -2.46. The van der Waals surface area contributed by atoms with Crippen LogP contribution in [0.2, 0.25) is 0 Å². The van der Waals surface area contributed by atoms with E-state index >= 15 is 0 Å². The fraction of sp³-hybridized carbons (Fsp3) is 0.188. The number of pyridine rings is 1. The zero-order chi connectivity index (χ0) is 56.3. The van der Waals surface area contributed by atoms with Gasteiger partial charge in [-0.05, 0) is 30.3 Å². The molecule has 0 aliphatic rings. The van der Waals surface area contributed by atoms with Crippen molar-refractivity contribution in [3.8, 4) is 5.75 Å². The summed E-state index contributed by atoms with van der Waals surface area (Å²) in [6.07, 6.45) is -52.9. The largest absolute Gasteiger partial charge is 0.507 e. The van der Waals surface area contributed by atoms with Crippen molar-refractivity contribution in [2.45, 2.75) is 56.0 Å². The number of nitrogens with zero attached hydrogens (tertiary/aromatic N) is 1. The predicted molar refractivity (Wildman–Crippen MR) is 221 cm³/mol. The molecule has 6 aromatic carbocycles. The third-order valence-electron chi connectivity index (χ3n) is 11.5. The third-order valence-corrected chi connectivity index (χ3v) is 11.5. The Labute approximate surface area is 405 Å². The highest BCUT2D eigenvalue weighted by Crippen LogP contribution is 2.41. The molecule has 75 heavy (non-hydrogen) atoms. The van der Waals surface area contributed by atoms with Crippen LogP contribution in [0, 0.1) is 0 Å². The Morgan fingerprint density at radius 3 is 0.840 bits per heavy atom. The van der Waals surface area contributed by atoms with E-state index in [2.05, 4.69) is 16.7 Å². The van der Waals surface area contributed by atoms with Gasteiger partial charge in [-0.2, -0.15) is 132 Å². The lowest BCUT2D eigenvalue weighted by atomic mass is 9.12. The van der Waals surface area contributed by atoms with E-state index in [9.17, 15) is 110 Å². The number of rotatable bonds is 6. The second kappa shape index (κ2) is 19.6. The summed E-state index contributed by atoms with van der Waals surface area (Å²) in [5, 5.41) is 10.7. The number of fused-ring (bicyclic) bond motifs is 1. The number of para-hydroxylation sites is 1. The maximum absolute atomic E-state index is 14.2. The molecule has 0 bridgehead atoms. The van der Waals surface area contributed by atoms with E-state index in [4.69, 9.17) is 0 Å². The van der Waals surface area contributed by atoms with Gasteiger partial charge in [0.2, 0.25) is 5.52 Å². The molecule has 400 valence electrons. The molecular weight excluding hydrogens is 1070 g/mol. The normalized spacial score (nSPS) is 13.4. The third kappa shape index (κ3) is 12.7. The second-order valence-corrected chi connectivity index (χ2v) is 16.6. The van der Waals surface area contributed by atoms with Crippen LogP contribution in [0.5, 0.6) is 5.75 Å². The molecule has 7 rings (SSSR count). The van der Waals surface area contributed by atoms with Crippen LogP contribution < -0.4 is 26.4 Å². The van der Waals surface area contributed by atoms with Crippen LogP contribution in [-0.4, -0.2) is 11.3 Å². The Balaban J connectivity index is 0.000000421. The van der Waals surface area contributed by atoms with E-state index in [0.29, 0.717) is 5.75 Å². The number of halogens is 24. The van der Waals surface area contributed by atoms with Gasteiger partial charge in [-0.15, -0.1) is 0 Å². The number of aromatic hydroxyl groups is 1. The Morgan fingerprint density at radius 2 is 0.573 bits per heavy atom. The molecule has 0 fully saturated rings. The summed E-state index contributed by atoms with van der Waals surface area (Å²) < 4.78 is 343. The number of benzene rings is 6. The van der Waals surface area contributed by atoms with Crippen LogP contribution >= 0.6 is 0 Å². The highest BCUT2D eigenvalue weighted by molar-refractivity contribution is 7.20. The van der Waals surface area contributed by atoms with E-state index in [1.54, 1.807) is 6.07 Å². The number of hydrogen-bond donors (Lipinski definition) is 1. The summed E-state index contributed by atoms with van der Waals surface area (Å²) in [6, 6.07) is 11.1. The van der Waals surface area contributed by atoms with Gasteiger partial charge in [-0.1, -0.05) is 91.0 Å². The quantitative estimate of drug-likeness (QED) is 0.100. The number of hydrogen-bond acceptors (Lipinski definition) is 1. The minimum Gasteiger partial charge on any atom is -0.507 e. The van der Waals surface area contributed by atoms with E-state index in [1.807, 2.05) is 48.7 Å². The summed E-state index contributed by atoms with van der Waals surface area (Å²) >= 11 is 0. The van der Waals surface area contributed by atoms with Crippen LogP contribution in [0.3, 0.4) is 0 Å². The maximum atomic E-state index is 14.2. The molecule has 0 unspecified atom stereocenters. The van der Waals surface area contributed by atoms with Gasteiger partial charge in [0.1, 0.15) is 11.9 Å². The molecular formula is C48H26BF24NO. The van der Waals surface area contributed by atoms with Gasteiger partial charge >= 0.3 is 49.4 Å². The van der Waals surface area contributed by atoms with Gasteiger partial charge in [-0.3, -0.25) is 0 Å². The minimum absolute atomic E-state index is 0.329. The van der Waals surface area contributed by atoms with E-state index in [0.717, 1.165) is 17.4 Å². The van der Waals surface area contributed by atoms with E-state index in [-0.39, 0.29) is 0 Å². The average molecular weight is 1100 g/mol. The molecule has 0 saturated carbocycles. The van der Waals surface area contributed by atoms with Crippen LogP contribution in [-0.2, 0) is 56.0 Å². The van der Waals surface area contributed by atoms with E-state index in [1.165, 1.54) is 5.56 Å². The van der Waals surface area contributed by atoms with Gasteiger partial charge in [0.05, 0.1) is 49.9 Å². The van der Waals surface area contributed by atoms with Crippen molar-refractivity contribution in [2.24, 2.45) is 0 Å². The van der Waals surface area contributed by atoms with Gasteiger partial charge in [0, 0.05) is 17.7 Å². The van der Waals surface area contributed by atoms with Crippen molar-refractivity contribution >= 4 is 38.9 Å². The Hall–Kier alpha value is -7.09. The fourth-order valence-electron chi connectivity index (χ4n) is 8.26. The van der Waals surface area contributed by atoms with Crippen molar-refractivity contribution < 1.29 is 115 Å². The zero-order valence-electron chi connectivity index (χ0n) is 36.5. The summed E-state index contributed by atoms with van der Waals surface area (Å²) in [6.45, 7) is 0.807. The monoisotopic (exact) mass is 1100 g/mol. The average Bonchev–Trinajstić information content (AvgIpc) is 3.28. The first kappa shape index (κ1) is 57.2. The number of alkyl halides is 24. The summed E-state index contributed by atoms with van der Waals surface area (Å²) in [5.74, 6) is 0.329. The number of aromatic nitrogens is 1. The fourth-order valence-corrected chi connectivity index (χ4v) is 8.26. The van der Waals surface area contributed by atoms with Gasteiger partial charge < -0.3 is 5.11 Å². The minimum atomic E-state index is -6.13. The molecule has 0 saturated heterocycles.